The molecule has 0 saturated carbocycles. The van der Waals surface area contributed by atoms with E-state index in [1.54, 1.807) is 0 Å². The highest BCUT2D eigenvalue weighted by Crippen LogP contribution is 2.66. The van der Waals surface area contributed by atoms with Gasteiger partial charge in [-0.25, -0.2) is 0 Å². The summed E-state index contributed by atoms with van der Waals surface area (Å²) in [5.74, 6) is 3.50. The predicted octanol–water partition coefficient (Wildman–Crippen LogP) is 15.8. The lowest BCUT2D eigenvalue weighted by Gasteiger charge is -2.42. The predicted molar refractivity (Wildman–Crippen MR) is 261 cm³/mol. The van der Waals surface area contributed by atoms with Crippen molar-refractivity contribution in [1.82, 2.24) is 0 Å². The van der Waals surface area contributed by atoms with Crippen LogP contribution in [0.3, 0.4) is 0 Å². The fraction of sp³-hybridized carbons (Fsp3) is 0.0323. The van der Waals surface area contributed by atoms with Crippen LogP contribution in [0, 0.1) is 0 Å². The van der Waals surface area contributed by atoms with Crippen molar-refractivity contribution in [2.24, 2.45) is 0 Å². The highest BCUT2D eigenvalue weighted by Gasteiger charge is 2.54. The summed E-state index contributed by atoms with van der Waals surface area (Å²) in [6.07, 6.45) is 0. The molecule has 3 nitrogen and oxygen atoms in total. The molecule has 2 aliphatic heterocycles. The van der Waals surface area contributed by atoms with Crippen LogP contribution in [-0.4, -0.2) is 0 Å². The largest absolute Gasteiger partial charge is 0.457 e. The fourth-order valence-electron chi connectivity index (χ4n) is 11.9. The smallest absolute Gasteiger partial charge is 0.132 e. The van der Waals surface area contributed by atoms with Crippen LogP contribution in [0.5, 0.6) is 23.0 Å². The molecule has 0 atom stereocenters. The molecule has 14 rings (SSSR count). The van der Waals surface area contributed by atoms with E-state index in [1.165, 1.54) is 50.1 Å². The van der Waals surface area contributed by atoms with Crippen LogP contribution in [0.1, 0.15) is 44.5 Å². The van der Waals surface area contributed by atoms with Crippen molar-refractivity contribution in [3.63, 3.8) is 0 Å². The minimum absolute atomic E-state index is 0.625. The van der Waals surface area contributed by atoms with E-state index < -0.39 is 10.8 Å². The van der Waals surface area contributed by atoms with Gasteiger partial charge in [-0.3, -0.25) is 0 Å². The highest BCUT2D eigenvalue weighted by molar-refractivity contribution is 5.97. The Morgan fingerprint density at radius 2 is 0.708 bits per heavy atom. The van der Waals surface area contributed by atoms with Gasteiger partial charge in [-0.2, -0.15) is 0 Å². The molecule has 0 saturated heterocycles. The van der Waals surface area contributed by atoms with Gasteiger partial charge in [0.1, 0.15) is 23.0 Å². The monoisotopic (exact) mass is 829 g/mol. The number of benzene rings is 10. The Labute approximate surface area is 378 Å². The lowest BCUT2D eigenvalue weighted by atomic mass is 9.65. The van der Waals surface area contributed by atoms with Crippen LogP contribution in [-0.2, 0) is 10.8 Å². The molecule has 3 heteroatoms. The number of nitrogens with zero attached hydrogens (tertiary/aromatic N) is 1. The van der Waals surface area contributed by atoms with E-state index in [1.807, 2.05) is 0 Å². The van der Waals surface area contributed by atoms with Crippen LogP contribution in [0.25, 0.3) is 33.4 Å². The molecule has 2 aliphatic carbocycles. The van der Waals surface area contributed by atoms with Gasteiger partial charge in [0.2, 0.25) is 0 Å². The van der Waals surface area contributed by atoms with E-state index >= 15 is 0 Å². The Morgan fingerprint density at radius 1 is 0.277 bits per heavy atom. The molecule has 304 valence electrons. The molecular formula is C62H39NO2. The van der Waals surface area contributed by atoms with Crippen LogP contribution in [0.2, 0.25) is 0 Å². The standard InChI is InChI=1S/C62H39NO2/c1-2-18-40(19-3-1)41-20-16-21-42(38-41)63(43-36-37-46-44-22-4-6-25-48(44)61(54(46)39-43)50-27-8-12-32-56(50)64-57-33-13-9-28-51(57)61)55-31-17-24-47-45-23-5-7-26-49(45)62(60(47)55)52-29-10-14-34-58(52)65-59-35-15-11-30-53(59)62/h1-39H. The van der Waals surface area contributed by atoms with Gasteiger partial charge in [0.25, 0.3) is 0 Å². The summed E-state index contributed by atoms with van der Waals surface area (Å²) in [6.45, 7) is 0. The van der Waals surface area contributed by atoms with Crippen molar-refractivity contribution < 1.29 is 9.47 Å². The minimum Gasteiger partial charge on any atom is -0.457 e. The Morgan fingerprint density at radius 3 is 1.32 bits per heavy atom. The first-order valence-corrected chi connectivity index (χ1v) is 22.4. The van der Waals surface area contributed by atoms with E-state index in [2.05, 4.69) is 241 Å². The zero-order chi connectivity index (χ0) is 42.7. The third kappa shape index (κ3) is 4.79. The van der Waals surface area contributed by atoms with E-state index in [4.69, 9.17) is 9.47 Å². The van der Waals surface area contributed by atoms with Crippen molar-refractivity contribution >= 4 is 17.1 Å². The van der Waals surface area contributed by atoms with Gasteiger partial charge in [0.05, 0.1) is 16.5 Å². The summed E-state index contributed by atoms with van der Waals surface area (Å²) >= 11 is 0. The van der Waals surface area contributed by atoms with E-state index in [0.717, 1.165) is 67.9 Å². The van der Waals surface area contributed by atoms with Crippen molar-refractivity contribution in [3.8, 4) is 56.4 Å². The molecule has 65 heavy (non-hydrogen) atoms. The Balaban J connectivity index is 1.10. The number of ether oxygens (including phenoxy) is 2. The molecule has 2 heterocycles. The third-order valence-electron chi connectivity index (χ3n) is 14.4. The van der Waals surface area contributed by atoms with Crippen molar-refractivity contribution in [3.05, 3.63) is 281 Å². The lowest BCUT2D eigenvalue weighted by Crippen LogP contribution is -2.33. The first-order chi connectivity index (χ1) is 32.2. The number of hydrogen-bond donors (Lipinski definition) is 0. The fourth-order valence-corrected chi connectivity index (χ4v) is 11.9. The summed E-state index contributed by atoms with van der Waals surface area (Å²) < 4.78 is 13.6. The maximum Gasteiger partial charge on any atom is 0.132 e. The zero-order valence-electron chi connectivity index (χ0n) is 35.3. The molecule has 10 aromatic carbocycles. The maximum atomic E-state index is 6.81. The van der Waals surface area contributed by atoms with Crippen molar-refractivity contribution in [2.45, 2.75) is 10.8 Å². The van der Waals surface area contributed by atoms with Crippen LogP contribution in [0.4, 0.5) is 17.1 Å². The van der Waals surface area contributed by atoms with E-state index in [0.29, 0.717) is 0 Å². The van der Waals surface area contributed by atoms with Gasteiger partial charge >= 0.3 is 0 Å². The highest BCUT2D eigenvalue weighted by atomic mass is 16.5. The first kappa shape index (κ1) is 36.1. The topological polar surface area (TPSA) is 21.7 Å². The lowest BCUT2D eigenvalue weighted by molar-refractivity contribution is 0.436. The zero-order valence-corrected chi connectivity index (χ0v) is 35.3. The second-order valence-corrected chi connectivity index (χ2v) is 17.5. The first-order valence-electron chi connectivity index (χ1n) is 22.4. The van der Waals surface area contributed by atoms with Crippen LogP contribution in [0.15, 0.2) is 237 Å². The van der Waals surface area contributed by atoms with Gasteiger partial charge < -0.3 is 14.4 Å². The van der Waals surface area contributed by atoms with Crippen LogP contribution < -0.4 is 14.4 Å². The number of para-hydroxylation sites is 4. The number of anilines is 3. The summed E-state index contributed by atoms with van der Waals surface area (Å²) in [7, 11) is 0. The van der Waals surface area contributed by atoms with Gasteiger partial charge in [-0.05, 0) is 105 Å². The summed E-state index contributed by atoms with van der Waals surface area (Å²) in [6, 6.07) is 86.2. The van der Waals surface area contributed by atoms with Gasteiger partial charge in [-0.15, -0.1) is 0 Å². The van der Waals surface area contributed by atoms with Crippen molar-refractivity contribution in [2.75, 3.05) is 4.90 Å². The number of fused-ring (bicyclic) bond motifs is 18. The average Bonchev–Trinajstić information content (AvgIpc) is 3.83. The van der Waals surface area contributed by atoms with E-state index in [9.17, 15) is 0 Å². The molecule has 10 aromatic rings. The molecule has 0 fully saturated rings. The SMILES string of the molecule is c1ccc(-c2cccc(N(c3ccc4c(c3)C3(c5ccccc5Oc5ccccc53)c3ccccc3-4)c3cccc4c3C3(c5ccccc5Oc5ccccc53)c3ccccc3-4)c2)cc1. The van der Waals surface area contributed by atoms with Crippen LogP contribution >= 0.6 is 0 Å². The van der Waals surface area contributed by atoms with Crippen molar-refractivity contribution in [1.29, 1.82) is 0 Å². The molecule has 0 N–H and O–H groups in total. The summed E-state index contributed by atoms with van der Waals surface area (Å²) in [5.41, 5.74) is 18.7. The van der Waals surface area contributed by atoms with Gasteiger partial charge in [0.15, 0.2) is 0 Å². The molecule has 0 unspecified atom stereocenters. The number of hydrogen-bond acceptors (Lipinski definition) is 3. The Hall–Kier alpha value is -8.40. The van der Waals surface area contributed by atoms with Gasteiger partial charge in [0, 0.05) is 39.2 Å². The van der Waals surface area contributed by atoms with Gasteiger partial charge in [-0.1, -0.05) is 182 Å². The second kappa shape index (κ2) is 13.6. The minimum atomic E-state index is -0.685. The van der Waals surface area contributed by atoms with E-state index in [-0.39, 0.29) is 0 Å². The quantitative estimate of drug-likeness (QED) is 0.176. The maximum absolute atomic E-state index is 6.81. The second-order valence-electron chi connectivity index (χ2n) is 17.5. The molecule has 2 spiro atoms. The average molecular weight is 830 g/mol. The number of rotatable bonds is 4. The Kier molecular flexibility index (Phi) is 7.53. The Bertz CT molecular complexity index is 3500. The molecule has 4 aliphatic rings. The molecule has 0 bridgehead atoms. The third-order valence-corrected chi connectivity index (χ3v) is 14.4. The molecule has 0 radical (unpaired) electrons. The molecular weight excluding hydrogens is 791 g/mol. The summed E-state index contributed by atoms with van der Waals surface area (Å²) in [5, 5.41) is 0. The molecule has 0 amide bonds. The normalized spacial score (nSPS) is 14.3. The molecule has 0 aromatic heterocycles. The summed E-state index contributed by atoms with van der Waals surface area (Å²) in [4.78, 5) is 2.52.